The average Bonchev–Trinajstić information content (AvgIpc) is 3.45. The Hall–Kier alpha value is -2.50. The van der Waals surface area contributed by atoms with Crippen LogP contribution in [0.2, 0.25) is 10.0 Å². The molecule has 0 aliphatic rings. The zero-order chi connectivity index (χ0) is 25.1. The van der Waals surface area contributed by atoms with Gasteiger partial charge in [-0.25, -0.2) is 9.97 Å². The lowest BCUT2D eigenvalue weighted by Gasteiger charge is -2.21. The smallest absolute Gasteiger partial charge is 0.246 e. The average molecular weight is 653 g/mol. The largest absolute Gasteiger partial charge is 0.485 e. The summed E-state index contributed by atoms with van der Waals surface area (Å²) in [6, 6.07) is 6.96. The number of imidazole rings is 2. The maximum Gasteiger partial charge on any atom is 0.246 e. The van der Waals surface area contributed by atoms with Crippen LogP contribution in [0.3, 0.4) is 0 Å². The Kier molecular flexibility index (Phi) is 11.1. The molecule has 1 N–H and O–H groups in total. The maximum atomic E-state index is 12.7. The third kappa shape index (κ3) is 6.88. The fraction of sp³-hybridized carbons (Fsp3) is 0.217. The molecule has 0 unspecified atom stereocenters. The van der Waals surface area contributed by atoms with E-state index in [1.54, 1.807) is 36.1 Å². The number of nitrogens with zero attached hydrogens (tertiary/aromatic N) is 5. The predicted octanol–water partition coefficient (Wildman–Crippen LogP) is 5.11. The molecule has 0 saturated carbocycles. The zero-order valence-corrected chi connectivity index (χ0v) is 24.4. The number of pyridine rings is 1. The highest BCUT2D eigenvalue weighted by Gasteiger charge is 2.20. The number of carbonyl (C=O) groups is 2. The van der Waals surface area contributed by atoms with Crippen molar-refractivity contribution in [3.8, 4) is 5.75 Å². The highest BCUT2D eigenvalue weighted by Crippen LogP contribution is 2.35. The van der Waals surface area contributed by atoms with Gasteiger partial charge in [-0.05, 0) is 47.1 Å². The van der Waals surface area contributed by atoms with Crippen molar-refractivity contribution < 1.29 is 14.3 Å². The van der Waals surface area contributed by atoms with Crippen molar-refractivity contribution in [1.82, 2.24) is 24.3 Å². The van der Waals surface area contributed by atoms with Crippen LogP contribution in [0.15, 0.2) is 53.8 Å². The summed E-state index contributed by atoms with van der Waals surface area (Å²) in [6.45, 7) is 1.84. The summed E-state index contributed by atoms with van der Waals surface area (Å²) >= 11 is 16.6. The molecule has 0 spiro atoms. The van der Waals surface area contributed by atoms with Crippen LogP contribution >= 0.6 is 63.9 Å². The van der Waals surface area contributed by atoms with Crippen LogP contribution in [0.5, 0.6) is 5.75 Å². The molecule has 198 valence electrons. The molecule has 0 atom stereocenters. The van der Waals surface area contributed by atoms with E-state index >= 15 is 0 Å². The van der Waals surface area contributed by atoms with Crippen LogP contribution in [-0.2, 0) is 22.7 Å². The van der Waals surface area contributed by atoms with Gasteiger partial charge in [-0.15, -0.1) is 24.8 Å². The predicted molar refractivity (Wildman–Crippen MR) is 152 cm³/mol. The van der Waals surface area contributed by atoms with Gasteiger partial charge in [0.1, 0.15) is 17.8 Å². The van der Waals surface area contributed by atoms with Crippen molar-refractivity contribution in [1.29, 1.82) is 0 Å². The highest BCUT2D eigenvalue weighted by molar-refractivity contribution is 9.10. The molecule has 0 bridgehead atoms. The van der Waals surface area contributed by atoms with Crippen molar-refractivity contribution in [2.45, 2.75) is 20.1 Å². The van der Waals surface area contributed by atoms with Crippen LogP contribution in [0.25, 0.3) is 5.65 Å². The first-order valence-electron chi connectivity index (χ1n) is 10.5. The van der Waals surface area contributed by atoms with Crippen molar-refractivity contribution >= 4 is 87.1 Å². The summed E-state index contributed by atoms with van der Waals surface area (Å²) in [5.41, 5.74) is 2.45. The minimum atomic E-state index is -0.345. The Bertz CT molecular complexity index is 1400. The summed E-state index contributed by atoms with van der Waals surface area (Å²) in [5, 5.41) is 3.29. The van der Waals surface area contributed by atoms with E-state index in [2.05, 4.69) is 31.2 Å². The van der Waals surface area contributed by atoms with E-state index in [0.717, 1.165) is 10.3 Å². The second kappa shape index (κ2) is 13.3. The van der Waals surface area contributed by atoms with E-state index in [1.807, 2.05) is 29.7 Å². The standard InChI is InChI=1S/C23H21BrCl2N6O3.2ClH/c1-14-22(24)32-8-3-4-18(23(32)29-14)35-12-15-16(25)5-6-17(21(15)26)30(2)20(34)10-28-19(33)11-31-9-7-27-13-31;;/h3-9,13H,10-12H2,1-2H3,(H,28,33);2*1H. The Labute approximate surface area is 244 Å². The van der Waals surface area contributed by atoms with Crippen molar-refractivity contribution in [2.75, 3.05) is 18.5 Å². The number of rotatable bonds is 8. The minimum absolute atomic E-state index is 0. The van der Waals surface area contributed by atoms with Gasteiger partial charge < -0.3 is 19.5 Å². The molecule has 0 fully saturated rings. The van der Waals surface area contributed by atoms with Gasteiger partial charge in [-0.2, -0.15) is 0 Å². The van der Waals surface area contributed by atoms with Gasteiger partial charge in [0.05, 0.1) is 29.3 Å². The summed E-state index contributed by atoms with van der Waals surface area (Å²) in [4.78, 5) is 34.6. The highest BCUT2D eigenvalue weighted by atomic mass is 79.9. The molecule has 14 heteroatoms. The van der Waals surface area contributed by atoms with E-state index in [1.165, 1.54) is 11.2 Å². The summed E-state index contributed by atoms with van der Waals surface area (Å²) in [7, 11) is 1.58. The Morgan fingerprint density at radius 2 is 1.95 bits per heavy atom. The van der Waals surface area contributed by atoms with E-state index in [0.29, 0.717) is 27.7 Å². The summed E-state index contributed by atoms with van der Waals surface area (Å²) in [6.07, 6.45) is 6.64. The number of likely N-dealkylation sites (N-methyl/N-ethyl adjacent to an activating group) is 1. The van der Waals surface area contributed by atoms with Crippen LogP contribution in [0.1, 0.15) is 11.3 Å². The van der Waals surface area contributed by atoms with Crippen molar-refractivity contribution in [3.63, 3.8) is 0 Å². The molecule has 9 nitrogen and oxygen atoms in total. The molecule has 3 aromatic heterocycles. The van der Waals surface area contributed by atoms with Gasteiger partial charge in [0.15, 0.2) is 11.4 Å². The quantitative estimate of drug-likeness (QED) is 0.286. The molecule has 37 heavy (non-hydrogen) atoms. The number of fused-ring (bicyclic) bond motifs is 1. The zero-order valence-electron chi connectivity index (χ0n) is 19.7. The van der Waals surface area contributed by atoms with Gasteiger partial charge in [0.25, 0.3) is 0 Å². The Morgan fingerprint density at radius 1 is 1.19 bits per heavy atom. The van der Waals surface area contributed by atoms with Gasteiger partial charge in [0, 0.05) is 36.2 Å². The van der Waals surface area contributed by atoms with Gasteiger partial charge in [0.2, 0.25) is 11.8 Å². The number of ether oxygens (including phenoxy) is 1. The van der Waals surface area contributed by atoms with Crippen molar-refractivity contribution in [2.24, 2.45) is 0 Å². The summed E-state index contributed by atoms with van der Waals surface area (Å²) < 4.78 is 10.3. The number of hydrogen-bond acceptors (Lipinski definition) is 5. The number of amides is 2. The van der Waals surface area contributed by atoms with E-state index in [4.69, 9.17) is 27.9 Å². The molecule has 0 radical (unpaired) electrons. The Morgan fingerprint density at radius 3 is 2.65 bits per heavy atom. The molecule has 4 rings (SSSR count). The number of aromatic nitrogens is 4. The number of anilines is 1. The van der Waals surface area contributed by atoms with Crippen LogP contribution in [-0.4, -0.2) is 44.3 Å². The van der Waals surface area contributed by atoms with E-state index < -0.39 is 0 Å². The lowest BCUT2D eigenvalue weighted by Crippen LogP contribution is -2.39. The first-order valence-corrected chi connectivity index (χ1v) is 12.0. The maximum absolute atomic E-state index is 12.7. The molecular formula is C23H23BrCl4N6O3. The monoisotopic (exact) mass is 650 g/mol. The molecule has 0 aliphatic heterocycles. The van der Waals surface area contributed by atoms with Gasteiger partial charge in [-0.1, -0.05) is 23.2 Å². The van der Waals surface area contributed by atoms with Crippen LogP contribution < -0.4 is 15.0 Å². The third-order valence-electron chi connectivity index (χ3n) is 5.31. The molecule has 1 aromatic carbocycles. The van der Waals surface area contributed by atoms with Gasteiger partial charge >= 0.3 is 0 Å². The fourth-order valence-electron chi connectivity index (χ4n) is 3.40. The molecular weight excluding hydrogens is 630 g/mol. The molecule has 2 amide bonds. The number of aryl methyl sites for hydroxylation is 1. The lowest BCUT2D eigenvalue weighted by molar-refractivity contribution is -0.125. The third-order valence-corrected chi connectivity index (χ3v) is 7.04. The lowest BCUT2D eigenvalue weighted by atomic mass is 10.2. The number of hydrogen-bond donors (Lipinski definition) is 1. The van der Waals surface area contributed by atoms with Gasteiger partial charge in [-0.3, -0.25) is 14.0 Å². The topological polar surface area (TPSA) is 93.8 Å². The normalized spacial score (nSPS) is 10.4. The van der Waals surface area contributed by atoms with Crippen LogP contribution in [0, 0.1) is 6.92 Å². The molecule has 0 aliphatic carbocycles. The molecule has 3 heterocycles. The fourth-order valence-corrected chi connectivity index (χ4v) is 4.38. The minimum Gasteiger partial charge on any atom is -0.485 e. The van der Waals surface area contributed by atoms with Crippen LogP contribution in [0.4, 0.5) is 5.69 Å². The second-order valence-electron chi connectivity index (χ2n) is 7.67. The van der Waals surface area contributed by atoms with E-state index in [9.17, 15) is 9.59 Å². The number of benzene rings is 1. The van der Waals surface area contributed by atoms with Crippen molar-refractivity contribution in [3.05, 3.63) is 75.1 Å². The first kappa shape index (κ1) is 30.7. The van der Waals surface area contributed by atoms with E-state index in [-0.39, 0.29) is 61.3 Å². The number of nitrogens with one attached hydrogen (secondary N) is 1. The number of carbonyl (C=O) groups excluding carboxylic acids is 2. The molecule has 4 aromatic rings. The molecule has 0 saturated heterocycles. The number of halogens is 5. The summed E-state index contributed by atoms with van der Waals surface area (Å²) in [5.74, 6) is -0.0949. The Balaban J connectivity index is 0.00000241. The SMILES string of the molecule is Cc1nc2c(OCc3c(Cl)ccc(N(C)C(=O)CNC(=O)Cn4ccnc4)c3Cl)cccn2c1Br.Cl.Cl. The second-order valence-corrected chi connectivity index (χ2v) is 9.20. The first-order chi connectivity index (χ1) is 16.8.